The van der Waals surface area contributed by atoms with Crippen molar-refractivity contribution in [2.45, 2.75) is 104 Å². The molecule has 504 valence electrons. The standard InChI is InChI=1S/C34H44N6O7.C22H26N4O.C8H15NO4.3ClH.H3P.U/c1-34(2,3)30(38-33(45)47-5)31(43)39-40(21-24-14-16-25(17-15-24)26-13-9-10-18-35-26)22-28(41)27(19-23-11-7-6-8-12-23)37-29(42)20-36-32(44)46-4;23-20(14-17-6-2-1-3-7-17)22(27)16-26(24)15-18-9-11-19(12-10-18)21-8-4-5-13-25-21;1-8(2,3)5(6(10)11)9-7(12)13-4;;;;;/h6-18,27-28,30,41H,19-22H2,1-5H3,(H,36,44)(H,37,42)(H,38,45)(H,39,43);1-13,20,22,27H,14-16,23-24H2;5H,1-4H3,(H,9,12)(H,10,11);3*1H;1H3;/t27?,28-,30-;20?,22-;5-;;;;;/m001...../s1/i;;;;;;1T2;. The molecule has 0 aliphatic carbocycles. The minimum absolute atomic E-state index is 0. The fourth-order valence-electron chi connectivity index (χ4n) is 8.58. The van der Waals surface area contributed by atoms with Crippen molar-refractivity contribution in [3.63, 3.8) is 0 Å². The number of carbonyl (C=O) groups is 6. The van der Waals surface area contributed by atoms with Gasteiger partial charge in [-0.25, -0.2) is 29.2 Å². The van der Waals surface area contributed by atoms with E-state index in [0.29, 0.717) is 19.5 Å². The second-order valence-corrected chi connectivity index (χ2v) is 22.5. The van der Waals surface area contributed by atoms with E-state index < -0.39 is 87.0 Å². The van der Waals surface area contributed by atoms with E-state index in [1.807, 2.05) is 146 Å². The number of aromatic nitrogens is 2. The number of carbonyl (C=O) groups excluding carboxylic acids is 5. The number of alkyl carbamates (subject to hydrolysis) is 3. The quantitative estimate of drug-likeness (QED) is 0.0123. The van der Waals surface area contributed by atoms with Crippen LogP contribution in [0.3, 0.4) is 0 Å². The number of hydrogen-bond donors (Lipinski definition) is 10. The first-order chi connectivity index (χ1) is 42.7. The van der Waals surface area contributed by atoms with Crippen LogP contribution in [0.15, 0.2) is 158 Å². The molecule has 23 nitrogen and oxygen atoms in total. The van der Waals surface area contributed by atoms with Gasteiger partial charge in [-0.1, -0.05) is 163 Å². The van der Waals surface area contributed by atoms with Gasteiger partial charge < -0.3 is 56.5 Å². The van der Waals surface area contributed by atoms with Crippen molar-refractivity contribution < 1.29 is 89.4 Å². The molecule has 4 aromatic carbocycles. The van der Waals surface area contributed by atoms with Gasteiger partial charge in [-0.2, -0.15) is 9.79 Å². The number of methoxy groups -OCH3 is 3. The number of halogens is 3. The van der Waals surface area contributed by atoms with Gasteiger partial charge in [-0.15, -0.1) is 37.2 Å². The molecule has 2 heterocycles. The molecular formula is C64H91Cl3N11O12PU. The van der Waals surface area contributed by atoms with Crippen molar-refractivity contribution in [1.82, 2.24) is 46.7 Å². The Bertz CT molecular complexity index is 3100. The molecule has 6 rings (SSSR count). The first kappa shape index (κ1) is 83.5. The van der Waals surface area contributed by atoms with Gasteiger partial charge in [0.2, 0.25) is 5.91 Å². The summed E-state index contributed by atoms with van der Waals surface area (Å²) in [4.78, 5) is 80.3. The number of amides is 5. The number of hydrogen-bond acceptors (Lipinski definition) is 17. The SMILES string of the molecule is COC(=O)NCC(=O)NC(Cc1ccccc1)[C@@H](O)CN(Cc1ccc(-c2ccccn2)cc1)NC(=O)[C@H](NC(=O)OC)C(C)(C)C.COC(=O)N[C@H](C(=O)O)C(C)(C)C.Cl.Cl.Cl.NC(Cc1ccccc1)[C@@H](O)CN(N)Cc1ccc(-c2ccccn2)cc1.[3H]P[3H].[U]. The number of aliphatic hydroxyl groups excluding tert-OH is 2. The van der Waals surface area contributed by atoms with Crippen molar-refractivity contribution in [3.05, 3.63) is 180 Å². The van der Waals surface area contributed by atoms with Crippen LogP contribution in [-0.2, 0) is 54.5 Å². The number of rotatable bonds is 24. The number of nitrogens with zero attached hydrogens (tertiary/aromatic N) is 4. The second kappa shape index (κ2) is 44.9. The summed E-state index contributed by atoms with van der Waals surface area (Å²) < 4.78 is 25.4. The summed E-state index contributed by atoms with van der Waals surface area (Å²) in [6, 6.07) is 43.4. The first-order valence-corrected chi connectivity index (χ1v) is 28.1. The second-order valence-electron chi connectivity index (χ2n) is 22.5. The van der Waals surface area contributed by atoms with Gasteiger partial charge in [0, 0.05) is 86.9 Å². The molecule has 0 saturated heterocycles. The summed E-state index contributed by atoms with van der Waals surface area (Å²) in [7, 11) is 3.18. The maximum Gasteiger partial charge on any atom is 0.407 e. The third-order valence-corrected chi connectivity index (χ3v) is 13.3. The number of nitrogens with two attached hydrogens (primary N) is 2. The maximum absolute atomic E-state index is 13.6. The smallest absolute Gasteiger partial charge is 0.407 e. The Labute approximate surface area is 587 Å². The van der Waals surface area contributed by atoms with Crippen molar-refractivity contribution in [2.75, 3.05) is 41.0 Å². The number of benzene rings is 4. The third-order valence-electron chi connectivity index (χ3n) is 13.3. The average molecular weight is 1590 g/mol. The molecule has 0 fully saturated rings. The summed E-state index contributed by atoms with van der Waals surface area (Å²) in [5.74, 6) is 3.96. The Kier molecular flexibility index (Phi) is 40.8. The van der Waals surface area contributed by atoms with E-state index in [1.165, 1.54) is 26.3 Å². The monoisotopic (exact) mass is 1580 g/mol. The molecule has 2 aromatic heterocycles. The van der Waals surface area contributed by atoms with Crippen molar-refractivity contribution in [1.29, 1.82) is 2.56 Å². The van der Waals surface area contributed by atoms with Gasteiger partial charge >= 0.3 is 24.2 Å². The van der Waals surface area contributed by atoms with Crippen LogP contribution in [0.25, 0.3) is 22.5 Å². The zero-order valence-corrected chi connectivity index (χ0v) is 60.7. The Hall–Kier alpha value is -6.49. The van der Waals surface area contributed by atoms with E-state index >= 15 is 0 Å². The number of ether oxygens (including phenoxy) is 3. The minimum atomic E-state index is -1.19. The average Bonchev–Trinajstić information content (AvgIpc) is 0.897. The predicted molar refractivity (Wildman–Crippen MR) is 363 cm³/mol. The summed E-state index contributed by atoms with van der Waals surface area (Å²) in [5.41, 5.74) is 15.3. The molecule has 6 aromatic rings. The van der Waals surface area contributed by atoms with Crippen LogP contribution in [0.1, 0.15) is 63.8 Å². The predicted octanol–water partition coefficient (Wildman–Crippen LogP) is 7.32. The molecule has 5 amide bonds. The van der Waals surface area contributed by atoms with E-state index in [-0.39, 0.29) is 100 Å². The number of carboxylic acids is 1. The minimum Gasteiger partial charge on any atom is -0.480 e. The summed E-state index contributed by atoms with van der Waals surface area (Å²) >= 11 is 0. The van der Waals surface area contributed by atoms with Gasteiger partial charge in [0.15, 0.2) is 0 Å². The number of nitrogens with one attached hydrogen (secondary N) is 5. The number of pyridine rings is 2. The Morgan fingerprint density at radius 2 is 1.00 bits per heavy atom. The number of carboxylic acid groups (broad SMARTS) is 1. The van der Waals surface area contributed by atoms with Crippen molar-refractivity contribution in [3.8, 4) is 22.5 Å². The summed E-state index contributed by atoms with van der Waals surface area (Å²) in [5, 5.41) is 43.8. The Balaban J connectivity index is 0. The zero-order chi connectivity index (χ0) is 66.8. The molecule has 0 aliphatic rings. The fraction of sp³-hybridized carbons (Fsp3) is 0.375. The molecule has 92 heavy (non-hydrogen) atoms. The molecule has 0 bridgehead atoms. The van der Waals surface area contributed by atoms with Gasteiger partial charge in [-0.3, -0.25) is 30.8 Å². The molecule has 28 heteroatoms. The van der Waals surface area contributed by atoms with Crippen LogP contribution < -0.4 is 38.3 Å². The Morgan fingerprint density at radius 1 is 0.576 bits per heavy atom. The van der Waals surface area contributed by atoms with E-state index in [9.17, 15) is 39.0 Å². The number of aliphatic hydroxyl groups is 2. The summed E-state index contributed by atoms with van der Waals surface area (Å²) in [6.07, 6.45) is 0.240. The molecule has 0 saturated carbocycles. The van der Waals surface area contributed by atoms with Crippen LogP contribution in [0, 0.1) is 41.9 Å². The fourth-order valence-corrected chi connectivity index (χ4v) is 8.58. The van der Waals surface area contributed by atoms with Crippen molar-refractivity contribution >= 4 is 83.1 Å². The van der Waals surface area contributed by atoms with Gasteiger partial charge in [0.25, 0.3) is 5.91 Å². The first-order valence-electron chi connectivity index (χ1n) is 29.1. The van der Waals surface area contributed by atoms with Gasteiger partial charge in [-0.05, 0) is 70.2 Å². The molecule has 0 radical (unpaired) electrons. The summed E-state index contributed by atoms with van der Waals surface area (Å²) in [6.45, 7) is 11.1. The molecular weight excluding hydrogens is 1490 g/mol. The van der Waals surface area contributed by atoms with Gasteiger partial charge in [0.1, 0.15) is 18.6 Å². The molecule has 0 spiro atoms. The molecule has 0 aliphatic heterocycles. The van der Waals surface area contributed by atoms with E-state index in [1.54, 1.807) is 58.9 Å². The maximum atomic E-state index is 13.6. The van der Waals surface area contributed by atoms with Crippen LogP contribution in [-0.4, -0.2) is 151 Å². The van der Waals surface area contributed by atoms with E-state index in [4.69, 9.17) is 24.0 Å². The molecule has 12 N–H and O–H groups in total. The van der Waals surface area contributed by atoms with Crippen LogP contribution >= 0.6 is 47.0 Å². The van der Waals surface area contributed by atoms with E-state index in [0.717, 1.165) is 44.8 Å². The van der Waals surface area contributed by atoms with Gasteiger partial charge in [0.05, 0.1) is 53.5 Å². The van der Waals surface area contributed by atoms with E-state index in [2.05, 4.69) is 46.1 Å². The van der Waals surface area contributed by atoms with Crippen LogP contribution in [0.2, 0.25) is 0 Å². The third kappa shape index (κ3) is 32.4. The van der Waals surface area contributed by atoms with Crippen molar-refractivity contribution in [2.24, 2.45) is 22.4 Å². The number of hydrazine groups is 2. The van der Waals surface area contributed by atoms with Crippen LogP contribution in [0.5, 0.6) is 0 Å². The van der Waals surface area contributed by atoms with Crippen LogP contribution in [0.4, 0.5) is 14.4 Å². The molecule has 6 atom stereocenters. The molecule has 2 unspecified atom stereocenters. The number of aliphatic carboxylic acids is 1. The largest absolute Gasteiger partial charge is 0.480 e. The topological polar surface area (TPSA) is 335 Å². The normalized spacial score (nSPS) is 12.7. The zero-order valence-electron chi connectivity index (χ0n) is 55.1. The Morgan fingerprint density at radius 3 is 1.41 bits per heavy atom.